The highest BCUT2D eigenvalue weighted by molar-refractivity contribution is 7.85. The molecule has 0 aromatic carbocycles. The summed E-state index contributed by atoms with van der Waals surface area (Å²) in [5.41, 5.74) is 1.06. The Morgan fingerprint density at radius 3 is 2.17 bits per heavy atom. The van der Waals surface area contributed by atoms with Crippen LogP contribution in [0, 0.1) is 11.3 Å². The van der Waals surface area contributed by atoms with Crippen LogP contribution in [0.3, 0.4) is 0 Å². The quantitative estimate of drug-likeness (QED) is 0.209. The largest absolute Gasteiger partial charge is 0.748 e. The fraction of sp³-hybridized carbons (Fsp3) is 0.640. The van der Waals surface area contributed by atoms with Crippen LogP contribution in [0.25, 0.3) is 0 Å². The summed E-state index contributed by atoms with van der Waals surface area (Å²) in [6.07, 6.45) is 11.8. The first-order valence-electron chi connectivity index (χ1n) is 12.4. The van der Waals surface area contributed by atoms with Gasteiger partial charge in [-0.15, -0.1) is 0 Å². The molecular weight excluding hydrogens is 486 g/mol. The van der Waals surface area contributed by atoms with Crippen molar-refractivity contribution in [1.29, 1.82) is 0 Å². The summed E-state index contributed by atoms with van der Waals surface area (Å²) in [7, 11) is -4.25. The third-order valence-corrected chi connectivity index (χ3v) is 8.72. The number of amides is 2. The van der Waals surface area contributed by atoms with Gasteiger partial charge in [-0.3, -0.25) is 19.4 Å². The number of fused-ring (bicyclic) bond motifs is 1. The van der Waals surface area contributed by atoms with E-state index in [2.05, 4.69) is 18.7 Å². The van der Waals surface area contributed by atoms with Crippen LogP contribution in [0.2, 0.25) is 0 Å². The van der Waals surface area contributed by atoms with Gasteiger partial charge in [0.15, 0.2) is 5.11 Å². The maximum Gasteiger partial charge on any atom is 0.265 e. The van der Waals surface area contributed by atoms with E-state index in [-0.39, 0.29) is 21.9 Å². The number of thiocarbonyl (C=S) groups is 1. The van der Waals surface area contributed by atoms with Crippen molar-refractivity contribution in [2.24, 2.45) is 11.3 Å². The highest BCUT2D eigenvalue weighted by atomic mass is 32.2. The second-order valence-corrected chi connectivity index (χ2v) is 11.8. The molecule has 3 fully saturated rings. The maximum absolute atomic E-state index is 12.8. The van der Waals surface area contributed by atoms with E-state index in [0.717, 1.165) is 25.0 Å². The summed E-state index contributed by atoms with van der Waals surface area (Å²) in [5.74, 6) is -0.698. The van der Waals surface area contributed by atoms with Gasteiger partial charge in [-0.2, -0.15) is 0 Å². The molecule has 0 spiro atoms. The first kappa shape index (κ1) is 27.5. The minimum Gasteiger partial charge on any atom is -0.748 e. The van der Waals surface area contributed by atoms with Crippen LogP contribution >= 0.6 is 12.2 Å². The Bertz CT molecular complexity index is 1030. The van der Waals surface area contributed by atoms with Crippen molar-refractivity contribution in [2.45, 2.75) is 65.8 Å². The number of likely N-dealkylation sites (N-methyl/N-ethyl adjacent to an activating group) is 2. The van der Waals surface area contributed by atoms with E-state index in [0.29, 0.717) is 38.0 Å². The summed E-state index contributed by atoms with van der Waals surface area (Å²) < 4.78 is 33.4. The number of nitrogens with zero attached hydrogens (tertiary/aromatic N) is 3. The molecule has 194 valence electrons. The zero-order valence-electron chi connectivity index (χ0n) is 21.0. The third kappa shape index (κ3) is 5.70. The second kappa shape index (κ2) is 10.9. The number of hydrogen-bond acceptors (Lipinski definition) is 7. The van der Waals surface area contributed by atoms with Gasteiger partial charge in [-0.1, -0.05) is 38.8 Å². The van der Waals surface area contributed by atoms with Gasteiger partial charge < -0.3 is 9.45 Å². The minimum atomic E-state index is -4.25. The van der Waals surface area contributed by atoms with Crippen LogP contribution < -0.4 is 0 Å². The van der Waals surface area contributed by atoms with E-state index in [1.54, 1.807) is 6.08 Å². The summed E-state index contributed by atoms with van der Waals surface area (Å²) in [6, 6.07) is 0.324. The van der Waals surface area contributed by atoms with Crippen LogP contribution in [0.15, 0.2) is 35.6 Å². The number of carbonyl (C=O) groups is 2. The highest BCUT2D eigenvalue weighted by Gasteiger charge is 2.50. The summed E-state index contributed by atoms with van der Waals surface area (Å²) in [4.78, 5) is 30.7. The molecule has 2 heterocycles. The Hall–Kier alpha value is -2.04. The van der Waals surface area contributed by atoms with Crippen LogP contribution in [-0.2, 0) is 19.7 Å². The van der Waals surface area contributed by atoms with Crippen molar-refractivity contribution in [3.63, 3.8) is 0 Å². The Labute approximate surface area is 214 Å². The first-order valence-corrected chi connectivity index (χ1v) is 14.4. The number of rotatable bonds is 8. The van der Waals surface area contributed by atoms with Crippen molar-refractivity contribution in [1.82, 2.24) is 14.7 Å². The van der Waals surface area contributed by atoms with Gasteiger partial charge in [0.25, 0.3) is 11.8 Å². The summed E-state index contributed by atoms with van der Waals surface area (Å²) in [6.45, 7) is 9.35. The fourth-order valence-corrected chi connectivity index (χ4v) is 6.68. The van der Waals surface area contributed by atoms with E-state index in [4.69, 9.17) is 12.2 Å². The average Bonchev–Trinajstić information content (AvgIpc) is 2.99. The van der Waals surface area contributed by atoms with Gasteiger partial charge in [0.1, 0.15) is 5.57 Å². The Morgan fingerprint density at radius 1 is 1.03 bits per heavy atom. The molecule has 10 heteroatoms. The predicted molar refractivity (Wildman–Crippen MR) is 138 cm³/mol. The van der Waals surface area contributed by atoms with Crippen LogP contribution in [0.4, 0.5) is 0 Å². The van der Waals surface area contributed by atoms with E-state index >= 15 is 0 Å². The minimum absolute atomic E-state index is 0.0776. The van der Waals surface area contributed by atoms with Crippen molar-refractivity contribution in [3.05, 3.63) is 35.6 Å². The molecule has 3 aliphatic rings. The molecule has 2 unspecified atom stereocenters. The Balaban J connectivity index is 1.87. The van der Waals surface area contributed by atoms with Crippen LogP contribution in [0.5, 0.6) is 0 Å². The fourth-order valence-electron chi connectivity index (χ4n) is 5.77. The lowest BCUT2D eigenvalue weighted by atomic mass is 9.71. The molecule has 2 amide bonds. The smallest absolute Gasteiger partial charge is 0.265 e. The zero-order valence-corrected chi connectivity index (χ0v) is 22.7. The molecule has 35 heavy (non-hydrogen) atoms. The van der Waals surface area contributed by atoms with Crippen LogP contribution in [0.1, 0.15) is 59.8 Å². The number of allylic oxidation sites excluding steroid dienone is 5. The first-order chi connectivity index (χ1) is 16.4. The molecule has 0 N–H and O–H groups in total. The lowest BCUT2D eigenvalue weighted by molar-refractivity contribution is -0.133. The molecule has 2 aliphatic heterocycles. The average molecular weight is 523 g/mol. The Morgan fingerprint density at radius 2 is 1.60 bits per heavy atom. The zero-order chi connectivity index (χ0) is 26.0. The molecule has 0 radical (unpaired) electrons. The molecule has 0 aromatic rings. The van der Waals surface area contributed by atoms with Crippen molar-refractivity contribution < 1.29 is 22.6 Å². The molecule has 0 aromatic heterocycles. The third-order valence-electron chi connectivity index (χ3n) is 7.49. The molecule has 2 saturated heterocycles. The van der Waals surface area contributed by atoms with E-state index in [9.17, 15) is 22.6 Å². The number of carbonyl (C=O) groups excluding carboxylic acids is 2. The van der Waals surface area contributed by atoms with Crippen molar-refractivity contribution in [2.75, 3.05) is 25.4 Å². The highest BCUT2D eigenvalue weighted by Crippen LogP contribution is 2.53. The van der Waals surface area contributed by atoms with Gasteiger partial charge in [0.05, 0.1) is 10.1 Å². The monoisotopic (exact) mass is 522 g/mol. The lowest BCUT2D eigenvalue weighted by Gasteiger charge is -2.35. The van der Waals surface area contributed by atoms with Gasteiger partial charge >= 0.3 is 0 Å². The van der Waals surface area contributed by atoms with E-state index in [1.807, 2.05) is 26.0 Å². The Kier molecular flexibility index (Phi) is 8.60. The number of likely N-dealkylation sites (tertiary alicyclic amines) is 1. The van der Waals surface area contributed by atoms with Gasteiger partial charge in [0, 0.05) is 42.5 Å². The molecule has 1 aliphatic carbocycles. The van der Waals surface area contributed by atoms with Gasteiger partial charge in [0.2, 0.25) is 0 Å². The topological polar surface area (TPSA) is 101 Å². The van der Waals surface area contributed by atoms with Gasteiger partial charge in [-0.05, 0) is 63.4 Å². The van der Waals surface area contributed by atoms with Crippen molar-refractivity contribution in [3.8, 4) is 0 Å². The van der Waals surface area contributed by atoms with Crippen LogP contribution in [-0.4, -0.2) is 76.0 Å². The van der Waals surface area contributed by atoms with E-state index in [1.165, 1.54) is 22.3 Å². The molecular formula is C25H36N3O5S2-. The SMILES string of the molecule is CCN1C(=O)C(=CC=CC=C2N(CCCS(=O)(=O)[O-])C3CCCCC3C2(C)C)C(=O)N(CC)C1=S. The second-order valence-electron chi connectivity index (χ2n) is 9.89. The molecule has 2 atom stereocenters. The van der Waals surface area contributed by atoms with Crippen molar-refractivity contribution >= 4 is 39.3 Å². The molecule has 0 bridgehead atoms. The molecule has 1 saturated carbocycles. The normalized spacial score (nSPS) is 26.3. The molecule has 8 nitrogen and oxygen atoms in total. The predicted octanol–water partition coefficient (Wildman–Crippen LogP) is 3.18. The maximum atomic E-state index is 12.8. The van der Waals surface area contributed by atoms with Gasteiger partial charge in [-0.25, -0.2) is 8.42 Å². The standard InChI is InChI=1S/C25H37N3O5S2/c1-5-26-22(29)18(23(30)27(6-2)24(26)34)12-7-10-15-21-25(3,4)19-13-8-9-14-20(19)28(21)16-11-17-35(31,32)33/h7,10,12,15,19-20H,5-6,8-9,11,13-14,16-17H2,1-4H3,(H,31,32,33)/p-1. The van der Waals surface area contributed by atoms with E-state index < -0.39 is 21.9 Å². The summed E-state index contributed by atoms with van der Waals surface area (Å²) >= 11 is 5.30. The molecule has 3 rings (SSSR count). The lowest BCUT2D eigenvalue weighted by Crippen LogP contribution is -2.55. The number of hydrogen-bond donors (Lipinski definition) is 0. The summed E-state index contributed by atoms with van der Waals surface area (Å²) in [5, 5.41) is 0.235.